The highest BCUT2D eigenvalue weighted by atomic mass is 79.9. The van der Waals surface area contributed by atoms with Crippen molar-refractivity contribution < 1.29 is 14.3 Å². The number of carbonyl (C=O) groups is 2. The molecule has 2 aromatic rings. The van der Waals surface area contributed by atoms with E-state index in [-0.39, 0.29) is 12.5 Å². The van der Waals surface area contributed by atoms with E-state index in [0.717, 1.165) is 9.37 Å². The molecule has 0 spiro atoms. The number of carbonyl (C=O) groups excluding carboxylic acids is 2. The summed E-state index contributed by atoms with van der Waals surface area (Å²) in [4.78, 5) is 24.6. The molecule has 0 heterocycles. The first-order valence-corrected chi connectivity index (χ1v) is 8.47. The van der Waals surface area contributed by atoms with Gasteiger partial charge in [-0.2, -0.15) is 0 Å². The van der Waals surface area contributed by atoms with Crippen LogP contribution in [0.1, 0.15) is 10.4 Å². The summed E-state index contributed by atoms with van der Waals surface area (Å²) in [7, 11) is 0. The van der Waals surface area contributed by atoms with Crippen LogP contribution in [-0.2, 0) is 9.53 Å². The van der Waals surface area contributed by atoms with Crippen LogP contribution >= 0.6 is 27.7 Å². The average molecular weight is 380 g/mol. The second-order valence-corrected chi connectivity index (χ2v) is 6.16. The molecule has 2 rings (SSSR count). The van der Waals surface area contributed by atoms with Crippen LogP contribution in [0.5, 0.6) is 0 Å². The standard InChI is InChI=1S/C16H14BrNO3S/c1-22-14-8-2-11(3-9-14)16(20)21-10-15(19)18-13-6-4-12(17)5-7-13/h2-9H,10H2,1H3,(H,18,19). The number of hydrogen-bond donors (Lipinski definition) is 1. The van der Waals surface area contributed by atoms with Crippen molar-refractivity contribution in [3.05, 3.63) is 58.6 Å². The molecule has 114 valence electrons. The molecule has 1 N–H and O–H groups in total. The third-order valence-electron chi connectivity index (χ3n) is 2.79. The number of ether oxygens (including phenoxy) is 1. The lowest BCUT2D eigenvalue weighted by Crippen LogP contribution is -2.20. The minimum absolute atomic E-state index is 0.320. The molecule has 1 amide bonds. The van der Waals surface area contributed by atoms with E-state index >= 15 is 0 Å². The fourth-order valence-corrected chi connectivity index (χ4v) is 2.34. The number of benzene rings is 2. The quantitative estimate of drug-likeness (QED) is 0.630. The van der Waals surface area contributed by atoms with Gasteiger partial charge < -0.3 is 10.1 Å². The van der Waals surface area contributed by atoms with Crippen molar-refractivity contribution in [2.75, 3.05) is 18.2 Å². The van der Waals surface area contributed by atoms with Crippen LogP contribution in [0, 0.1) is 0 Å². The topological polar surface area (TPSA) is 55.4 Å². The first-order chi connectivity index (χ1) is 10.6. The molecule has 0 bridgehead atoms. The van der Waals surface area contributed by atoms with Gasteiger partial charge in [-0.05, 0) is 54.8 Å². The number of amides is 1. The largest absolute Gasteiger partial charge is 0.452 e. The molecule has 0 fully saturated rings. The molecule has 0 atom stereocenters. The van der Waals surface area contributed by atoms with Gasteiger partial charge in [0.15, 0.2) is 6.61 Å². The summed E-state index contributed by atoms with van der Waals surface area (Å²) in [5, 5.41) is 2.65. The van der Waals surface area contributed by atoms with Gasteiger partial charge >= 0.3 is 5.97 Å². The number of rotatable bonds is 5. The SMILES string of the molecule is CSc1ccc(C(=O)OCC(=O)Nc2ccc(Br)cc2)cc1. The first-order valence-electron chi connectivity index (χ1n) is 6.45. The summed E-state index contributed by atoms with van der Waals surface area (Å²) in [6.07, 6.45) is 1.96. The first kappa shape index (κ1) is 16.6. The monoisotopic (exact) mass is 379 g/mol. The Morgan fingerprint density at radius 2 is 1.73 bits per heavy atom. The van der Waals surface area contributed by atoms with E-state index < -0.39 is 5.97 Å². The predicted molar refractivity (Wildman–Crippen MR) is 91.3 cm³/mol. The van der Waals surface area contributed by atoms with E-state index in [9.17, 15) is 9.59 Å². The highest BCUT2D eigenvalue weighted by molar-refractivity contribution is 9.10. The van der Waals surface area contributed by atoms with Gasteiger partial charge in [-0.15, -0.1) is 11.8 Å². The Labute approximate surface area is 141 Å². The molecular formula is C16H14BrNO3S. The maximum Gasteiger partial charge on any atom is 0.338 e. The molecule has 22 heavy (non-hydrogen) atoms. The van der Waals surface area contributed by atoms with Crippen molar-refractivity contribution in [1.82, 2.24) is 0 Å². The van der Waals surface area contributed by atoms with Crippen molar-refractivity contribution >= 4 is 45.3 Å². The summed E-state index contributed by atoms with van der Waals surface area (Å²) in [6.45, 7) is -0.320. The van der Waals surface area contributed by atoms with Gasteiger partial charge in [0.25, 0.3) is 5.91 Å². The number of halogens is 1. The van der Waals surface area contributed by atoms with Crippen molar-refractivity contribution in [3.8, 4) is 0 Å². The highest BCUT2D eigenvalue weighted by Crippen LogP contribution is 2.16. The van der Waals surface area contributed by atoms with Crippen LogP contribution in [0.25, 0.3) is 0 Å². The molecule has 4 nitrogen and oxygen atoms in total. The van der Waals surface area contributed by atoms with Crippen molar-refractivity contribution in [3.63, 3.8) is 0 Å². The van der Waals surface area contributed by atoms with Crippen LogP contribution in [0.2, 0.25) is 0 Å². The summed E-state index contributed by atoms with van der Waals surface area (Å²) in [5.74, 6) is -0.894. The van der Waals surface area contributed by atoms with Crippen LogP contribution in [-0.4, -0.2) is 24.7 Å². The normalized spacial score (nSPS) is 10.1. The summed E-state index contributed by atoms with van der Waals surface area (Å²) in [6, 6.07) is 14.2. The molecule has 0 aliphatic rings. The molecule has 6 heteroatoms. The van der Waals surface area contributed by atoms with E-state index in [1.165, 1.54) is 0 Å². The highest BCUT2D eigenvalue weighted by Gasteiger charge is 2.10. The smallest absolute Gasteiger partial charge is 0.338 e. The number of anilines is 1. The Balaban J connectivity index is 1.84. The van der Waals surface area contributed by atoms with E-state index in [4.69, 9.17) is 4.74 Å². The summed E-state index contributed by atoms with van der Waals surface area (Å²) < 4.78 is 5.91. The van der Waals surface area contributed by atoms with Crippen molar-refractivity contribution in [2.24, 2.45) is 0 Å². The van der Waals surface area contributed by atoms with Crippen LogP contribution in [0.3, 0.4) is 0 Å². The second kappa shape index (κ2) is 8.00. The zero-order valence-corrected chi connectivity index (χ0v) is 14.2. The Kier molecular flexibility index (Phi) is 6.03. The number of hydrogen-bond acceptors (Lipinski definition) is 4. The van der Waals surface area contributed by atoms with E-state index in [1.54, 1.807) is 36.0 Å². The van der Waals surface area contributed by atoms with E-state index in [2.05, 4.69) is 21.2 Å². The second-order valence-electron chi connectivity index (χ2n) is 4.36. The number of thioether (sulfide) groups is 1. The molecule has 0 saturated carbocycles. The number of esters is 1. The zero-order valence-electron chi connectivity index (χ0n) is 11.8. The zero-order chi connectivity index (χ0) is 15.9. The fourth-order valence-electron chi connectivity index (χ4n) is 1.67. The molecule has 0 aliphatic carbocycles. The van der Waals surface area contributed by atoms with Gasteiger partial charge in [-0.1, -0.05) is 15.9 Å². The van der Waals surface area contributed by atoms with E-state index in [1.807, 2.05) is 30.5 Å². The molecule has 0 aliphatic heterocycles. The third-order valence-corrected chi connectivity index (χ3v) is 4.06. The van der Waals surface area contributed by atoms with Gasteiger partial charge in [0.1, 0.15) is 0 Å². The van der Waals surface area contributed by atoms with E-state index in [0.29, 0.717) is 11.3 Å². The van der Waals surface area contributed by atoms with Crippen molar-refractivity contribution in [2.45, 2.75) is 4.90 Å². The fraction of sp³-hybridized carbons (Fsp3) is 0.125. The van der Waals surface area contributed by atoms with Gasteiger partial charge in [-0.3, -0.25) is 4.79 Å². The molecular weight excluding hydrogens is 366 g/mol. The van der Waals surface area contributed by atoms with Crippen LogP contribution in [0.15, 0.2) is 57.9 Å². The average Bonchev–Trinajstić information content (AvgIpc) is 2.55. The molecule has 0 aromatic heterocycles. The Morgan fingerprint density at radius 1 is 1.09 bits per heavy atom. The summed E-state index contributed by atoms with van der Waals surface area (Å²) in [5.41, 5.74) is 1.07. The number of nitrogens with one attached hydrogen (secondary N) is 1. The Hall–Kier alpha value is -1.79. The van der Waals surface area contributed by atoms with Crippen LogP contribution in [0.4, 0.5) is 5.69 Å². The maximum atomic E-state index is 11.8. The van der Waals surface area contributed by atoms with Crippen LogP contribution < -0.4 is 5.32 Å². The molecule has 0 saturated heterocycles. The third kappa shape index (κ3) is 4.89. The van der Waals surface area contributed by atoms with Gasteiger partial charge in [0.2, 0.25) is 0 Å². The lowest BCUT2D eigenvalue weighted by molar-refractivity contribution is -0.119. The Morgan fingerprint density at radius 3 is 2.32 bits per heavy atom. The Bertz CT molecular complexity index is 656. The minimum Gasteiger partial charge on any atom is -0.452 e. The lowest BCUT2D eigenvalue weighted by atomic mass is 10.2. The predicted octanol–water partition coefficient (Wildman–Crippen LogP) is 3.97. The van der Waals surface area contributed by atoms with Gasteiger partial charge in [-0.25, -0.2) is 4.79 Å². The van der Waals surface area contributed by atoms with Crippen molar-refractivity contribution in [1.29, 1.82) is 0 Å². The summed E-state index contributed by atoms with van der Waals surface area (Å²) >= 11 is 4.90. The maximum absolute atomic E-state index is 11.8. The molecule has 2 aromatic carbocycles. The molecule has 0 unspecified atom stereocenters. The molecule has 0 radical (unpaired) electrons. The van der Waals surface area contributed by atoms with Gasteiger partial charge in [0, 0.05) is 15.1 Å². The van der Waals surface area contributed by atoms with Gasteiger partial charge in [0.05, 0.1) is 5.56 Å². The minimum atomic E-state index is -0.515. The lowest BCUT2D eigenvalue weighted by Gasteiger charge is -2.07.